The Morgan fingerprint density at radius 2 is 1.84 bits per heavy atom. The Morgan fingerprint density at radius 3 is 2.32 bits per heavy atom. The SMILES string of the molecule is CCNc1ncnc(NCC(C)(C)CC)c1[N+](=O)[O-]. The Balaban J connectivity index is 3.00. The first-order valence-electron chi connectivity index (χ1n) is 6.38. The van der Waals surface area contributed by atoms with Crippen LogP contribution in [0.2, 0.25) is 0 Å². The average Bonchev–Trinajstić information content (AvgIpc) is 2.36. The van der Waals surface area contributed by atoms with Gasteiger partial charge in [-0.2, -0.15) is 0 Å². The third kappa shape index (κ3) is 4.04. The van der Waals surface area contributed by atoms with Gasteiger partial charge in [0.2, 0.25) is 11.6 Å². The molecule has 19 heavy (non-hydrogen) atoms. The Hall–Kier alpha value is -1.92. The summed E-state index contributed by atoms with van der Waals surface area (Å²) in [4.78, 5) is 18.6. The van der Waals surface area contributed by atoms with Crippen LogP contribution in [-0.2, 0) is 0 Å². The molecule has 7 heteroatoms. The van der Waals surface area contributed by atoms with Crippen molar-refractivity contribution in [3.8, 4) is 0 Å². The fourth-order valence-corrected chi connectivity index (χ4v) is 1.43. The number of rotatable bonds is 7. The summed E-state index contributed by atoms with van der Waals surface area (Å²) in [6.45, 7) is 9.32. The van der Waals surface area contributed by atoms with Crippen molar-refractivity contribution in [1.82, 2.24) is 9.97 Å². The molecule has 1 rings (SSSR count). The molecule has 0 spiro atoms. The van der Waals surface area contributed by atoms with E-state index < -0.39 is 4.92 Å². The van der Waals surface area contributed by atoms with Crippen LogP contribution in [0.15, 0.2) is 6.33 Å². The second kappa shape index (κ2) is 6.31. The highest BCUT2D eigenvalue weighted by Crippen LogP contribution is 2.30. The Labute approximate surface area is 113 Å². The Kier molecular flexibility index (Phi) is 5.02. The molecule has 0 aliphatic rings. The molecule has 1 aromatic rings. The van der Waals surface area contributed by atoms with E-state index in [2.05, 4.69) is 41.4 Å². The van der Waals surface area contributed by atoms with E-state index in [0.717, 1.165) is 6.42 Å². The molecule has 1 aromatic heterocycles. The maximum absolute atomic E-state index is 11.2. The molecule has 0 aliphatic carbocycles. The fourth-order valence-electron chi connectivity index (χ4n) is 1.43. The summed E-state index contributed by atoms with van der Waals surface area (Å²) in [6, 6.07) is 0. The van der Waals surface area contributed by atoms with E-state index in [9.17, 15) is 10.1 Å². The van der Waals surface area contributed by atoms with Crippen LogP contribution in [0, 0.1) is 15.5 Å². The van der Waals surface area contributed by atoms with Crippen LogP contribution in [0.5, 0.6) is 0 Å². The summed E-state index contributed by atoms with van der Waals surface area (Å²) in [6.07, 6.45) is 2.30. The van der Waals surface area contributed by atoms with Crippen LogP contribution < -0.4 is 10.6 Å². The predicted molar refractivity (Wildman–Crippen MR) is 75.4 cm³/mol. The van der Waals surface area contributed by atoms with E-state index in [0.29, 0.717) is 13.1 Å². The molecule has 106 valence electrons. The van der Waals surface area contributed by atoms with Crippen LogP contribution >= 0.6 is 0 Å². The number of nitro groups is 1. The monoisotopic (exact) mass is 267 g/mol. The molecular formula is C12H21N5O2. The zero-order valence-corrected chi connectivity index (χ0v) is 11.9. The summed E-state index contributed by atoms with van der Waals surface area (Å²) < 4.78 is 0. The van der Waals surface area contributed by atoms with Gasteiger partial charge in [0.25, 0.3) is 0 Å². The fraction of sp³-hybridized carbons (Fsp3) is 0.667. The van der Waals surface area contributed by atoms with E-state index in [1.54, 1.807) is 0 Å². The first kappa shape index (κ1) is 15.1. The van der Waals surface area contributed by atoms with Gasteiger partial charge < -0.3 is 10.6 Å². The summed E-state index contributed by atoms with van der Waals surface area (Å²) in [5.41, 5.74) is -0.0479. The van der Waals surface area contributed by atoms with Gasteiger partial charge in [0.1, 0.15) is 6.33 Å². The minimum Gasteiger partial charge on any atom is -0.364 e. The van der Waals surface area contributed by atoms with Gasteiger partial charge >= 0.3 is 5.69 Å². The number of aromatic nitrogens is 2. The minimum absolute atomic E-state index is 0.0527. The molecule has 0 radical (unpaired) electrons. The largest absolute Gasteiger partial charge is 0.364 e. The number of nitrogens with zero attached hydrogens (tertiary/aromatic N) is 3. The lowest BCUT2D eigenvalue weighted by molar-refractivity contribution is -0.383. The molecule has 2 N–H and O–H groups in total. The lowest BCUT2D eigenvalue weighted by Crippen LogP contribution is -2.23. The molecular weight excluding hydrogens is 246 g/mol. The minimum atomic E-state index is -0.459. The molecule has 0 aromatic carbocycles. The second-order valence-electron chi connectivity index (χ2n) is 5.08. The average molecular weight is 267 g/mol. The summed E-state index contributed by atoms with van der Waals surface area (Å²) in [5, 5.41) is 17.1. The Bertz CT molecular complexity index is 448. The van der Waals surface area contributed by atoms with Crippen molar-refractivity contribution >= 4 is 17.3 Å². The number of anilines is 2. The summed E-state index contributed by atoms with van der Waals surface area (Å²) in [7, 11) is 0. The normalized spacial score (nSPS) is 11.2. The van der Waals surface area contributed by atoms with Gasteiger partial charge in [-0.3, -0.25) is 10.1 Å². The standard InChI is InChI=1S/C12H21N5O2/c1-5-12(3,4)7-14-11-9(17(18)19)10(13-6-2)15-8-16-11/h8H,5-7H2,1-4H3,(H2,13,14,15,16). The molecule has 0 atom stereocenters. The smallest absolute Gasteiger partial charge is 0.353 e. The first-order valence-corrected chi connectivity index (χ1v) is 6.38. The van der Waals surface area contributed by atoms with E-state index in [-0.39, 0.29) is 22.7 Å². The van der Waals surface area contributed by atoms with E-state index in [1.165, 1.54) is 6.33 Å². The molecule has 0 unspecified atom stereocenters. The number of hydrogen-bond donors (Lipinski definition) is 2. The lowest BCUT2D eigenvalue weighted by Gasteiger charge is -2.23. The quantitative estimate of drug-likeness (QED) is 0.582. The van der Waals surface area contributed by atoms with E-state index in [4.69, 9.17) is 0 Å². The third-order valence-electron chi connectivity index (χ3n) is 3.04. The predicted octanol–water partition coefficient (Wildman–Crippen LogP) is 2.66. The summed E-state index contributed by atoms with van der Waals surface area (Å²) >= 11 is 0. The molecule has 0 saturated carbocycles. The van der Waals surface area contributed by atoms with Gasteiger partial charge in [-0.25, -0.2) is 9.97 Å². The van der Waals surface area contributed by atoms with Gasteiger partial charge in [-0.05, 0) is 18.8 Å². The van der Waals surface area contributed by atoms with Crippen molar-refractivity contribution in [3.63, 3.8) is 0 Å². The van der Waals surface area contributed by atoms with Crippen molar-refractivity contribution in [2.75, 3.05) is 23.7 Å². The van der Waals surface area contributed by atoms with Crippen molar-refractivity contribution < 1.29 is 4.92 Å². The van der Waals surface area contributed by atoms with Crippen LogP contribution in [0.25, 0.3) is 0 Å². The second-order valence-corrected chi connectivity index (χ2v) is 5.08. The van der Waals surface area contributed by atoms with Crippen LogP contribution in [0.1, 0.15) is 34.1 Å². The first-order chi connectivity index (χ1) is 8.91. The molecule has 1 heterocycles. The topological polar surface area (TPSA) is 93.0 Å². The highest BCUT2D eigenvalue weighted by atomic mass is 16.6. The van der Waals surface area contributed by atoms with Gasteiger partial charge in [-0.1, -0.05) is 20.8 Å². The highest BCUT2D eigenvalue weighted by molar-refractivity contribution is 5.69. The van der Waals surface area contributed by atoms with Gasteiger partial charge in [-0.15, -0.1) is 0 Å². The molecule has 0 bridgehead atoms. The van der Waals surface area contributed by atoms with Crippen molar-refractivity contribution in [3.05, 3.63) is 16.4 Å². The van der Waals surface area contributed by atoms with Crippen molar-refractivity contribution in [2.45, 2.75) is 34.1 Å². The third-order valence-corrected chi connectivity index (χ3v) is 3.04. The highest BCUT2D eigenvalue weighted by Gasteiger charge is 2.24. The molecule has 0 aliphatic heterocycles. The maximum atomic E-state index is 11.2. The van der Waals surface area contributed by atoms with E-state index in [1.807, 2.05) is 6.92 Å². The zero-order chi connectivity index (χ0) is 14.5. The van der Waals surface area contributed by atoms with Crippen molar-refractivity contribution in [1.29, 1.82) is 0 Å². The molecule has 7 nitrogen and oxygen atoms in total. The van der Waals surface area contributed by atoms with Gasteiger partial charge in [0, 0.05) is 13.1 Å². The summed E-state index contributed by atoms with van der Waals surface area (Å²) in [5.74, 6) is 0.511. The number of hydrogen-bond acceptors (Lipinski definition) is 6. The van der Waals surface area contributed by atoms with Gasteiger partial charge in [0.15, 0.2) is 0 Å². The van der Waals surface area contributed by atoms with Crippen LogP contribution in [0.4, 0.5) is 17.3 Å². The maximum Gasteiger partial charge on any atom is 0.353 e. The van der Waals surface area contributed by atoms with Crippen molar-refractivity contribution in [2.24, 2.45) is 5.41 Å². The Morgan fingerprint density at radius 1 is 1.26 bits per heavy atom. The van der Waals surface area contributed by atoms with Crippen LogP contribution in [-0.4, -0.2) is 28.0 Å². The van der Waals surface area contributed by atoms with Gasteiger partial charge in [0.05, 0.1) is 4.92 Å². The van der Waals surface area contributed by atoms with E-state index >= 15 is 0 Å². The lowest BCUT2D eigenvalue weighted by atomic mass is 9.90. The molecule has 0 amide bonds. The number of nitrogens with one attached hydrogen (secondary N) is 2. The molecule has 0 saturated heterocycles. The van der Waals surface area contributed by atoms with Crippen LogP contribution in [0.3, 0.4) is 0 Å². The molecule has 0 fully saturated rings. The zero-order valence-electron chi connectivity index (χ0n) is 11.9.